The summed E-state index contributed by atoms with van der Waals surface area (Å²) in [5.41, 5.74) is 2.10. The van der Waals surface area contributed by atoms with Crippen LogP contribution in [0.5, 0.6) is 17.2 Å². The van der Waals surface area contributed by atoms with Crippen molar-refractivity contribution >= 4 is 35.6 Å². The molecule has 4 nitrogen and oxygen atoms in total. The molecule has 0 bridgehead atoms. The van der Waals surface area contributed by atoms with Crippen molar-refractivity contribution in [1.82, 2.24) is 5.32 Å². The second-order valence-electron chi connectivity index (χ2n) is 5.20. The summed E-state index contributed by atoms with van der Waals surface area (Å²) in [4.78, 5) is 0. The Balaban J connectivity index is 0.00000312. The monoisotopic (exact) mass is 405 g/mol. The third-order valence-corrected chi connectivity index (χ3v) is 4.14. The molecule has 2 aromatic carbocycles. The van der Waals surface area contributed by atoms with Crippen LogP contribution in [0.25, 0.3) is 0 Å². The van der Waals surface area contributed by atoms with Crippen LogP contribution >= 0.6 is 35.6 Å². The standard InChI is InChI=1S/C18H21Cl2NO3.ClH/c1-22-16-5-4-12(8-17(16)23-2)6-7-21-11-13-9-14(19)10-15(20)18(13)24-3;/h4-5,8-10,21H,6-7,11H2,1-3H3;1H. The molecule has 0 aliphatic heterocycles. The number of ether oxygens (including phenoxy) is 3. The fourth-order valence-corrected chi connectivity index (χ4v) is 3.08. The SMILES string of the molecule is COc1ccc(CCNCc2cc(Cl)cc(Cl)c2OC)cc1OC.Cl. The minimum absolute atomic E-state index is 0. The van der Waals surface area contributed by atoms with E-state index < -0.39 is 0 Å². The molecular weight excluding hydrogens is 385 g/mol. The van der Waals surface area contributed by atoms with Crippen molar-refractivity contribution in [3.8, 4) is 17.2 Å². The van der Waals surface area contributed by atoms with Crippen molar-refractivity contribution in [3.05, 3.63) is 51.5 Å². The van der Waals surface area contributed by atoms with Gasteiger partial charge >= 0.3 is 0 Å². The van der Waals surface area contributed by atoms with Gasteiger partial charge in [0.1, 0.15) is 5.75 Å². The smallest absolute Gasteiger partial charge is 0.160 e. The van der Waals surface area contributed by atoms with Crippen LogP contribution < -0.4 is 19.5 Å². The maximum absolute atomic E-state index is 6.14. The fraction of sp³-hybridized carbons (Fsp3) is 0.333. The van der Waals surface area contributed by atoms with Crippen molar-refractivity contribution < 1.29 is 14.2 Å². The summed E-state index contributed by atoms with van der Waals surface area (Å²) in [6, 6.07) is 9.45. The Morgan fingerprint density at radius 3 is 2.28 bits per heavy atom. The summed E-state index contributed by atoms with van der Waals surface area (Å²) in [6.07, 6.45) is 0.858. The highest BCUT2D eigenvalue weighted by Gasteiger charge is 2.09. The maximum atomic E-state index is 6.14. The molecule has 1 N–H and O–H groups in total. The predicted molar refractivity (Wildman–Crippen MR) is 105 cm³/mol. The van der Waals surface area contributed by atoms with Gasteiger partial charge in [0, 0.05) is 17.1 Å². The second-order valence-corrected chi connectivity index (χ2v) is 6.04. The summed E-state index contributed by atoms with van der Waals surface area (Å²) in [7, 11) is 4.86. The van der Waals surface area contributed by atoms with Gasteiger partial charge in [0.15, 0.2) is 11.5 Å². The minimum Gasteiger partial charge on any atom is -0.495 e. The molecule has 0 spiro atoms. The Morgan fingerprint density at radius 1 is 0.920 bits per heavy atom. The van der Waals surface area contributed by atoms with Crippen molar-refractivity contribution in [2.75, 3.05) is 27.9 Å². The van der Waals surface area contributed by atoms with E-state index in [-0.39, 0.29) is 12.4 Å². The van der Waals surface area contributed by atoms with E-state index >= 15 is 0 Å². The molecule has 25 heavy (non-hydrogen) atoms. The Hall–Kier alpha value is -1.33. The predicted octanol–water partition coefficient (Wildman–Crippen LogP) is 4.77. The van der Waals surface area contributed by atoms with Crippen LogP contribution in [0.2, 0.25) is 10.0 Å². The van der Waals surface area contributed by atoms with Crippen molar-refractivity contribution in [2.24, 2.45) is 0 Å². The van der Waals surface area contributed by atoms with Gasteiger partial charge in [-0.15, -0.1) is 12.4 Å². The van der Waals surface area contributed by atoms with E-state index in [9.17, 15) is 0 Å². The fourth-order valence-electron chi connectivity index (χ4n) is 2.47. The lowest BCUT2D eigenvalue weighted by molar-refractivity contribution is 0.354. The molecular formula is C18H22Cl3NO3. The zero-order chi connectivity index (χ0) is 17.5. The quantitative estimate of drug-likeness (QED) is 0.641. The number of nitrogens with one attached hydrogen (secondary N) is 1. The average Bonchev–Trinajstić information content (AvgIpc) is 2.58. The van der Waals surface area contributed by atoms with E-state index in [1.165, 1.54) is 0 Å². The Bertz CT molecular complexity index is 696. The highest BCUT2D eigenvalue weighted by molar-refractivity contribution is 6.35. The van der Waals surface area contributed by atoms with Crippen LogP contribution in [-0.2, 0) is 13.0 Å². The molecule has 0 fully saturated rings. The molecule has 138 valence electrons. The van der Waals surface area contributed by atoms with E-state index in [2.05, 4.69) is 5.32 Å². The molecule has 0 radical (unpaired) electrons. The lowest BCUT2D eigenvalue weighted by atomic mass is 10.1. The lowest BCUT2D eigenvalue weighted by Gasteiger charge is -2.13. The molecule has 0 saturated carbocycles. The van der Waals surface area contributed by atoms with Gasteiger partial charge in [-0.05, 0) is 42.8 Å². The molecule has 0 saturated heterocycles. The first-order valence-electron chi connectivity index (χ1n) is 7.52. The molecule has 0 aliphatic rings. The highest BCUT2D eigenvalue weighted by Crippen LogP contribution is 2.32. The van der Waals surface area contributed by atoms with E-state index in [1.54, 1.807) is 27.4 Å². The summed E-state index contributed by atoms with van der Waals surface area (Å²) in [6.45, 7) is 1.42. The largest absolute Gasteiger partial charge is 0.495 e. The first-order valence-corrected chi connectivity index (χ1v) is 8.28. The molecule has 2 aromatic rings. The van der Waals surface area contributed by atoms with E-state index in [0.29, 0.717) is 22.3 Å². The highest BCUT2D eigenvalue weighted by atomic mass is 35.5. The van der Waals surface area contributed by atoms with Gasteiger partial charge in [-0.2, -0.15) is 0 Å². The van der Waals surface area contributed by atoms with Crippen LogP contribution in [-0.4, -0.2) is 27.9 Å². The molecule has 0 heterocycles. The van der Waals surface area contributed by atoms with E-state index in [1.807, 2.05) is 24.3 Å². The summed E-state index contributed by atoms with van der Waals surface area (Å²) < 4.78 is 15.9. The van der Waals surface area contributed by atoms with E-state index in [0.717, 1.165) is 35.6 Å². The molecule has 7 heteroatoms. The van der Waals surface area contributed by atoms with Gasteiger partial charge in [-0.25, -0.2) is 0 Å². The molecule has 2 rings (SSSR count). The summed E-state index contributed by atoms with van der Waals surface area (Å²) in [5, 5.41) is 4.49. The first-order chi connectivity index (χ1) is 11.6. The topological polar surface area (TPSA) is 39.7 Å². The second kappa shape index (κ2) is 10.6. The van der Waals surface area contributed by atoms with E-state index in [4.69, 9.17) is 37.4 Å². The molecule has 0 unspecified atom stereocenters. The number of halogens is 3. The van der Waals surface area contributed by atoms with Gasteiger partial charge in [-0.1, -0.05) is 29.3 Å². The van der Waals surface area contributed by atoms with Gasteiger partial charge < -0.3 is 19.5 Å². The van der Waals surface area contributed by atoms with Gasteiger partial charge in [-0.3, -0.25) is 0 Å². The van der Waals surface area contributed by atoms with Crippen LogP contribution in [0.15, 0.2) is 30.3 Å². The number of benzene rings is 2. The van der Waals surface area contributed by atoms with Crippen molar-refractivity contribution in [3.63, 3.8) is 0 Å². The normalized spacial score (nSPS) is 10.1. The van der Waals surface area contributed by atoms with Crippen molar-refractivity contribution in [1.29, 1.82) is 0 Å². The van der Waals surface area contributed by atoms with Gasteiger partial charge in [0.2, 0.25) is 0 Å². The number of methoxy groups -OCH3 is 3. The zero-order valence-electron chi connectivity index (χ0n) is 14.4. The Kier molecular flexibility index (Phi) is 9.22. The lowest BCUT2D eigenvalue weighted by Crippen LogP contribution is -2.17. The number of rotatable bonds is 8. The summed E-state index contributed by atoms with van der Waals surface area (Å²) >= 11 is 12.2. The molecule has 0 atom stereocenters. The van der Waals surface area contributed by atoms with Crippen molar-refractivity contribution in [2.45, 2.75) is 13.0 Å². The molecule has 0 aromatic heterocycles. The zero-order valence-corrected chi connectivity index (χ0v) is 16.7. The first kappa shape index (κ1) is 21.7. The number of hydrogen-bond donors (Lipinski definition) is 1. The Labute approximate surface area is 164 Å². The molecule has 0 amide bonds. The maximum Gasteiger partial charge on any atom is 0.160 e. The Morgan fingerprint density at radius 2 is 1.64 bits per heavy atom. The van der Waals surface area contributed by atoms with Crippen LogP contribution in [0.4, 0.5) is 0 Å². The van der Waals surface area contributed by atoms with Crippen LogP contribution in [0, 0.1) is 0 Å². The van der Waals surface area contributed by atoms with Crippen LogP contribution in [0.3, 0.4) is 0 Å². The van der Waals surface area contributed by atoms with Gasteiger partial charge in [0.05, 0.1) is 26.4 Å². The van der Waals surface area contributed by atoms with Crippen LogP contribution in [0.1, 0.15) is 11.1 Å². The summed E-state index contributed by atoms with van der Waals surface area (Å²) in [5.74, 6) is 2.12. The molecule has 0 aliphatic carbocycles. The third-order valence-electron chi connectivity index (χ3n) is 3.64. The third kappa shape index (κ3) is 5.86. The van der Waals surface area contributed by atoms with Gasteiger partial charge in [0.25, 0.3) is 0 Å². The average molecular weight is 407 g/mol. The number of hydrogen-bond acceptors (Lipinski definition) is 4. The minimum atomic E-state index is 0.